The van der Waals surface area contributed by atoms with E-state index in [0.717, 1.165) is 6.08 Å². The van der Waals surface area contributed by atoms with Gasteiger partial charge in [0.2, 0.25) is 0 Å². The summed E-state index contributed by atoms with van der Waals surface area (Å²) < 4.78 is 20.4. The summed E-state index contributed by atoms with van der Waals surface area (Å²) in [5.41, 5.74) is 0.209. The van der Waals surface area contributed by atoms with Gasteiger partial charge < -0.3 is 24.3 Å². The van der Waals surface area contributed by atoms with Crippen molar-refractivity contribution in [3.8, 4) is 17.2 Å². The number of methoxy groups -OCH3 is 3. The molecule has 1 atom stereocenters. The normalized spacial score (nSPS) is 11.5. The number of amides is 1. The molecule has 2 aromatic carbocycles. The molecule has 10 heteroatoms. The molecule has 31 heavy (non-hydrogen) atoms. The van der Waals surface area contributed by atoms with Crippen LogP contribution in [0.3, 0.4) is 0 Å². The minimum absolute atomic E-state index is 0.0442. The van der Waals surface area contributed by atoms with E-state index in [1.165, 1.54) is 52.5 Å². The largest absolute Gasteiger partial charge is 0.497 e. The first-order valence-corrected chi connectivity index (χ1v) is 9.03. The number of nitrogens with one attached hydrogen (secondary N) is 1. The highest BCUT2D eigenvalue weighted by Crippen LogP contribution is 2.29. The second-order valence-electron chi connectivity index (χ2n) is 6.15. The van der Waals surface area contributed by atoms with E-state index in [9.17, 15) is 19.7 Å². The van der Waals surface area contributed by atoms with Crippen molar-refractivity contribution in [3.63, 3.8) is 0 Å². The third-order valence-corrected chi connectivity index (χ3v) is 4.16. The molecule has 0 aliphatic rings. The quantitative estimate of drug-likeness (QED) is 0.278. The zero-order valence-corrected chi connectivity index (χ0v) is 17.4. The van der Waals surface area contributed by atoms with Crippen molar-refractivity contribution in [1.29, 1.82) is 0 Å². The second kappa shape index (κ2) is 10.6. The molecule has 2 aromatic rings. The van der Waals surface area contributed by atoms with E-state index < -0.39 is 22.9 Å². The van der Waals surface area contributed by atoms with Gasteiger partial charge >= 0.3 is 5.97 Å². The molecule has 0 heterocycles. The molecule has 10 nitrogen and oxygen atoms in total. The lowest BCUT2D eigenvalue weighted by atomic mass is 10.1. The summed E-state index contributed by atoms with van der Waals surface area (Å²) in [4.78, 5) is 35.0. The van der Waals surface area contributed by atoms with E-state index >= 15 is 0 Å². The highest BCUT2D eigenvalue weighted by Gasteiger charge is 2.22. The Bertz CT molecular complexity index is 1000. The van der Waals surface area contributed by atoms with Crippen LogP contribution in [0.25, 0.3) is 6.08 Å². The van der Waals surface area contributed by atoms with Crippen LogP contribution in [-0.2, 0) is 14.3 Å². The molecule has 2 rings (SSSR count). The van der Waals surface area contributed by atoms with Gasteiger partial charge in [0, 0.05) is 17.7 Å². The lowest BCUT2D eigenvalue weighted by Crippen LogP contribution is -2.29. The highest BCUT2D eigenvalue weighted by atomic mass is 16.6. The molecule has 1 N–H and O–H groups in total. The number of hydrogen-bond donors (Lipinski definition) is 1. The van der Waals surface area contributed by atoms with E-state index in [2.05, 4.69) is 5.32 Å². The summed E-state index contributed by atoms with van der Waals surface area (Å²) in [5.74, 6) is -0.152. The van der Waals surface area contributed by atoms with Crippen molar-refractivity contribution in [2.24, 2.45) is 0 Å². The number of nitrogens with zero attached hydrogens (tertiary/aromatic N) is 1. The van der Waals surface area contributed by atoms with Gasteiger partial charge in [-0.2, -0.15) is 0 Å². The number of carbonyl (C=O) groups excluding carboxylic acids is 2. The van der Waals surface area contributed by atoms with E-state index in [-0.39, 0.29) is 17.1 Å². The van der Waals surface area contributed by atoms with Crippen LogP contribution in [0.1, 0.15) is 12.5 Å². The average molecular weight is 430 g/mol. The van der Waals surface area contributed by atoms with Crippen LogP contribution in [0.4, 0.5) is 11.4 Å². The molecular formula is C21H22N2O8. The molecule has 0 aliphatic carbocycles. The SMILES string of the molecule is COc1ccc(/C=C/C(=O)OC(C)C(=O)Nc2ccc(OC)cc2[N+](=O)[O-])c(OC)c1. The predicted molar refractivity (Wildman–Crippen MR) is 112 cm³/mol. The Morgan fingerprint density at radius 2 is 1.68 bits per heavy atom. The van der Waals surface area contributed by atoms with E-state index in [4.69, 9.17) is 18.9 Å². The summed E-state index contributed by atoms with van der Waals surface area (Å²) in [6.45, 7) is 1.35. The maximum atomic E-state index is 12.3. The van der Waals surface area contributed by atoms with Gasteiger partial charge in [0.05, 0.1) is 32.3 Å². The monoisotopic (exact) mass is 430 g/mol. The molecule has 0 aliphatic heterocycles. The molecule has 0 bridgehead atoms. The van der Waals surface area contributed by atoms with Crippen molar-refractivity contribution >= 4 is 29.3 Å². The molecular weight excluding hydrogens is 408 g/mol. The van der Waals surface area contributed by atoms with Gasteiger partial charge in [-0.05, 0) is 37.3 Å². The number of carbonyl (C=O) groups is 2. The molecule has 1 unspecified atom stereocenters. The Hall–Kier alpha value is -4.08. The Kier molecular flexibility index (Phi) is 7.95. The molecule has 0 saturated carbocycles. The number of benzene rings is 2. The van der Waals surface area contributed by atoms with Gasteiger partial charge in [0.25, 0.3) is 11.6 Å². The molecule has 1 amide bonds. The first-order chi connectivity index (χ1) is 14.8. The summed E-state index contributed by atoms with van der Waals surface area (Å²) in [7, 11) is 4.37. The van der Waals surface area contributed by atoms with Crippen molar-refractivity contribution in [1.82, 2.24) is 0 Å². The van der Waals surface area contributed by atoms with Gasteiger partial charge in [0.15, 0.2) is 6.10 Å². The maximum absolute atomic E-state index is 12.3. The van der Waals surface area contributed by atoms with Crippen LogP contribution in [0.5, 0.6) is 17.2 Å². The fourth-order valence-corrected chi connectivity index (χ4v) is 2.51. The average Bonchev–Trinajstić information content (AvgIpc) is 2.77. The van der Waals surface area contributed by atoms with Crippen LogP contribution in [0.15, 0.2) is 42.5 Å². The number of ether oxygens (including phenoxy) is 4. The van der Waals surface area contributed by atoms with Crippen LogP contribution < -0.4 is 19.5 Å². The topological polar surface area (TPSA) is 126 Å². The minimum atomic E-state index is -1.20. The number of nitro benzene ring substituents is 1. The fraction of sp³-hybridized carbons (Fsp3) is 0.238. The Morgan fingerprint density at radius 1 is 1.03 bits per heavy atom. The first-order valence-electron chi connectivity index (χ1n) is 9.03. The smallest absolute Gasteiger partial charge is 0.331 e. The van der Waals surface area contributed by atoms with Crippen LogP contribution in [0, 0.1) is 10.1 Å². The van der Waals surface area contributed by atoms with E-state index in [1.807, 2.05) is 0 Å². The van der Waals surface area contributed by atoms with Gasteiger partial charge in [-0.15, -0.1) is 0 Å². The number of anilines is 1. The second-order valence-corrected chi connectivity index (χ2v) is 6.15. The number of nitro groups is 1. The van der Waals surface area contributed by atoms with Crippen molar-refractivity contribution in [3.05, 3.63) is 58.2 Å². The maximum Gasteiger partial charge on any atom is 0.331 e. The van der Waals surface area contributed by atoms with Crippen LogP contribution >= 0.6 is 0 Å². The van der Waals surface area contributed by atoms with E-state index in [1.54, 1.807) is 18.2 Å². The Labute approximate surface area is 178 Å². The predicted octanol–water partition coefficient (Wildman–Crippen LogP) is 3.20. The Morgan fingerprint density at radius 3 is 2.29 bits per heavy atom. The number of rotatable bonds is 9. The van der Waals surface area contributed by atoms with Crippen LogP contribution in [0.2, 0.25) is 0 Å². The van der Waals surface area contributed by atoms with Crippen molar-refractivity contribution in [2.45, 2.75) is 13.0 Å². The number of hydrogen-bond acceptors (Lipinski definition) is 8. The van der Waals surface area contributed by atoms with Gasteiger partial charge in [0.1, 0.15) is 22.9 Å². The van der Waals surface area contributed by atoms with Gasteiger partial charge in [-0.3, -0.25) is 14.9 Å². The fourth-order valence-electron chi connectivity index (χ4n) is 2.51. The summed E-state index contributed by atoms with van der Waals surface area (Å²) in [5, 5.41) is 13.6. The van der Waals surface area contributed by atoms with E-state index in [0.29, 0.717) is 17.1 Å². The lowest BCUT2D eigenvalue weighted by molar-refractivity contribution is -0.384. The zero-order chi connectivity index (χ0) is 23.0. The third-order valence-electron chi connectivity index (χ3n) is 4.16. The first kappa shape index (κ1) is 23.2. The van der Waals surface area contributed by atoms with Crippen LogP contribution in [-0.4, -0.2) is 44.2 Å². The van der Waals surface area contributed by atoms with Crippen molar-refractivity contribution < 1.29 is 33.5 Å². The molecule has 0 fully saturated rings. The Balaban J connectivity index is 2.04. The molecule has 0 spiro atoms. The number of esters is 1. The summed E-state index contributed by atoms with van der Waals surface area (Å²) >= 11 is 0. The zero-order valence-electron chi connectivity index (χ0n) is 17.4. The van der Waals surface area contributed by atoms with Gasteiger partial charge in [-0.1, -0.05) is 0 Å². The molecule has 0 aromatic heterocycles. The molecule has 0 radical (unpaired) electrons. The standard InChI is InChI=1S/C21H22N2O8/c1-13(21(25)22-17-9-8-15(28-2)11-18(17)23(26)27)31-20(24)10-6-14-5-7-16(29-3)12-19(14)30-4/h5-13H,1-4H3,(H,22,25)/b10-6+. The minimum Gasteiger partial charge on any atom is -0.497 e. The lowest BCUT2D eigenvalue weighted by Gasteiger charge is -2.13. The summed E-state index contributed by atoms with van der Waals surface area (Å²) in [6, 6.07) is 9.02. The highest BCUT2D eigenvalue weighted by molar-refractivity contribution is 5.98. The van der Waals surface area contributed by atoms with Gasteiger partial charge in [-0.25, -0.2) is 4.79 Å². The molecule has 164 valence electrons. The van der Waals surface area contributed by atoms with Crippen molar-refractivity contribution in [2.75, 3.05) is 26.6 Å². The molecule has 0 saturated heterocycles. The third kappa shape index (κ3) is 6.20. The summed E-state index contributed by atoms with van der Waals surface area (Å²) in [6.07, 6.45) is 1.42.